The predicted molar refractivity (Wildman–Crippen MR) is 121 cm³/mol. The molecular weight excluding hydrogens is 447 g/mol. The summed E-state index contributed by atoms with van der Waals surface area (Å²) in [5.41, 5.74) is 0.852. The maximum atomic E-state index is 13.0. The molecule has 0 bridgehead atoms. The first kappa shape index (κ1) is 24.3. The summed E-state index contributed by atoms with van der Waals surface area (Å²) in [5, 5.41) is 4.25. The van der Waals surface area contributed by atoms with Gasteiger partial charge in [0.05, 0.1) is 5.02 Å². The number of hydrogen-bond acceptors (Lipinski definition) is 3. The second kappa shape index (κ2) is 12.0. The average molecular weight is 472 g/mol. The third-order valence-corrected chi connectivity index (χ3v) is 5.29. The first-order valence-electron chi connectivity index (χ1n) is 9.71. The number of nitrogens with one attached hydrogen (secondary N) is 1. The van der Waals surface area contributed by atoms with E-state index in [9.17, 15) is 9.59 Å². The van der Waals surface area contributed by atoms with Gasteiger partial charge in [-0.05, 0) is 49.2 Å². The number of carbonyl (C=O) groups is 2. The van der Waals surface area contributed by atoms with Crippen molar-refractivity contribution >= 4 is 46.6 Å². The Kier molecular flexibility index (Phi) is 9.76. The van der Waals surface area contributed by atoms with Gasteiger partial charge in [-0.3, -0.25) is 9.59 Å². The van der Waals surface area contributed by atoms with Crippen LogP contribution in [0.25, 0.3) is 0 Å². The van der Waals surface area contributed by atoms with Crippen molar-refractivity contribution in [2.45, 2.75) is 39.3 Å². The van der Waals surface area contributed by atoms with E-state index in [0.717, 1.165) is 18.4 Å². The quantitative estimate of drug-likeness (QED) is 0.475. The highest BCUT2D eigenvalue weighted by atomic mass is 35.5. The lowest BCUT2D eigenvalue weighted by Crippen LogP contribution is -2.49. The van der Waals surface area contributed by atoms with Gasteiger partial charge in [-0.15, -0.1) is 0 Å². The Hall–Kier alpha value is -1.95. The highest BCUT2D eigenvalue weighted by molar-refractivity contribution is 6.35. The highest BCUT2D eigenvalue weighted by Gasteiger charge is 2.26. The average Bonchev–Trinajstić information content (AvgIpc) is 2.72. The summed E-state index contributed by atoms with van der Waals surface area (Å²) < 4.78 is 5.59. The van der Waals surface area contributed by atoms with Gasteiger partial charge in [0.25, 0.3) is 5.91 Å². The summed E-state index contributed by atoms with van der Waals surface area (Å²) in [6.45, 7) is 4.30. The van der Waals surface area contributed by atoms with E-state index >= 15 is 0 Å². The van der Waals surface area contributed by atoms with Crippen LogP contribution in [-0.2, 0) is 16.1 Å². The zero-order chi connectivity index (χ0) is 22.1. The van der Waals surface area contributed by atoms with Gasteiger partial charge in [0.1, 0.15) is 11.8 Å². The van der Waals surface area contributed by atoms with Gasteiger partial charge in [0.2, 0.25) is 5.91 Å². The molecule has 0 heterocycles. The van der Waals surface area contributed by atoms with E-state index in [1.54, 1.807) is 31.2 Å². The molecule has 0 spiro atoms. The maximum Gasteiger partial charge on any atom is 0.261 e. The van der Waals surface area contributed by atoms with Crippen LogP contribution in [0.15, 0.2) is 42.5 Å². The first-order valence-corrected chi connectivity index (χ1v) is 10.8. The summed E-state index contributed by atoms with van der Waals surface area (Å²) in [7, 11) is 0. The van der Waals surface area contributed by atoms with Crippen LogP contribution in [0.5, 0.6) is 5.75 Å². The molecule has 0 aromatic heterocycles. The molecule has 0 aliphatic heterocycles. The summed E-state index contributed by atoms with van der Waals surface area (Å²) in [4.78, 5) is 27.0. The van der Waals surface area contributed by atoms with Crippen molar-refractivity contribution in [3.8, 4) is 5.75 Å². The van der Waals surface area contributed by atoms with Crippen molar-refractivity contribution in [3.63, 3.8) is 0 Å². The number of amides is 2. The van der Waals surface area contributed by atoms with Crippen LogP contribution < -0.4 is 10.1 Å². The van der Waals surface area contributed by atoms with Gasteiger partial charge in [-0.2, -0.15) is 0 Å². The molecule has 0 saturated heterocycles. The second-order valence-electron chi connectivity index (χ2n) is 6.83. The van der Waals surface area contributed by atoms with Gasteiger partial charge in [0.15, 0.2) is 6.61 Å². The summed E-state index contributed by atoms with van der Waals surface area (Å²) >= 11 is 18.0. The molecule has 2 aromatic carbocycles. The minimum absolute atomic E-state index is 0.213. The van der Waals surface area contributed by atoms with Gasteiger partial charge in [0, 0.05) is 23.1 Å². The Bertz CT molecular complexity index is 859. The molecule has 0 fully saturated rings. The number of hydrogen-bond donors (Lipinski definition) is 1. The molecule has 2 amide bonds. The van der Waals surface area contributed by atoms with Crippen molar-refractivity contribution in [1.82, 2.24) is 10.2 Å². The standard InChI is InChI=1S/C22H25Cl3N2O3/c1-3-4-11-26-22(29)15(2)27(13-16-5-7-17(23)8-6-16)21(28)14-30-20-10-9-18(24)12-19(20)25/h5-10,12,15H,3-4,11,13-14H2,1-2H3,(H,26,29). The zero-order valence-electron chi connectivity index (χ0n) is 17.0. The van der Waals surface area contributed by atoms with Crippen LogP contribution in [0.2, 0.25) is 15.1 Å². The molecule has 5 nitrogen and oxygen atoms in total. The Morgan fingerprint density at radius 1 is 1.07 bits per heavy atom. The predicted octanol–water partition coefficient (Wildman–Crippen LogP) is 5.36. The van der Waals surface area contributed by atoms with Crippen LogP contribution in [0, 0.1) is 0 Å². The SMILES string of the molecule is CCCCNC(=O)C(C)N(Cc1ccc(Cl)cc1)C(=O)COc1ccc(Cl)cc1Cl. The molecule has 0 saturated carbocycles. The second-order valence-corrected chi connectivity index (χ2v) is 8.11. The number of ether oxygens (including phenoxy) is 1. The number of rotatable bonds is 10. The lowest BCUT2D eigenvalue weighted by Gasteiger charge is -2.29. The van der Waals surface area contributed by atoms with Crippen LogP contribution in [0.3, 0.4) is 0 Å². The van der Waals surface area contributed by atoms with E-state index in [4.69, 9.17) is 39.5 Å². The summed E-state index contributed by atoms with van der Waals surface area (Å²) in [5.74, 6) is -0.203. The fourth-order valence-electron chi connectivity index (χ4n) is 2.72. The molecule has 1 N–H and O–H groups in total. The van der Waals surface area contributed by atoms with Crippen molar-refractivity contribution in [1.29, 1.82) is 0 Å². The lowest BCUT2D eigenvalue weighted by atomic mass is 10.1. The normalized spacial score (nSPS) is 11.6. The molecule has 0 aliphatic rings. The Morgan fingerprint density at radius 3 is 2.37 bits per heavy atom. The smallest absolute Gasteiger partial charge is 0.261 e. The van der Waals surface area contributed by atoms with Crippen molar-refractivity contribution in [3.05, 3.63) is 63.1 Å². The molecular formula is C22H25Cl3N2O3. The summed E-state index contributed by atoms with van der Waals surface area (Å²) in [6, 6.07) is 11.2. The molecule has 1 unspecified atom stereocenters. The Labute approximate surface area is 192 Å². The first-order chi connectivity index (χ1) is 14.3. The topological polar surface area (TPSA) is 58.6 Å². The largest absolute Gasteiger partial charge is 0.482 e. The molecule has 0 aliphatic carbocycles. The van der Waals surface area contributed by atoms with Crippen LogP contribution in [0.1, 0.15) is 32.3 Å². The number of halogens is 3. The van der Waals surface area contributed by atoms with E-state index in [2.05, 4.69) is 5.32 Å². The molecule has 8 heteroatoms. The lowest BCUT2D eigenvalue weighted by molar-refractivity contribution is -0.142. The van der Waals surface area contributed by atoms with E-state index in [1.165, 1.54) is 11.0 Å². The maximum absolute atomic E-state index is 13.0. The molecule has 0 radical (unpaired) electrons. The fourth-order valence-corrected chi connectivity index (χ4v) is 3.31. The third kappa shape index (κ3) is 7.38. The van der Waals surface area contributed by atoms with Crippen LogP contribution in [-0.4, -0.2) is 35.9 Å². The number of benzene rings is 2. The Balaban J connectivity index is 2.12. The zero-order valence-corrected chi connectivity index (χ0v) is 19.2. The number of carbonyl (C=O) groups excluding carboxylic acids is 2. The molecule has 162 valence electrons. The van der Waals surface area contributed by atoms with E-state index in [1.807, 2.05) is 19.1 Å². The van der Waals surface area contributed by atoms with Crippen molar-refractivity contribution in [2.75, 3.05) is 13.2 Å². The van der Waals surface area contributed by atoms with Crippen molar-refractivity contribution < 1.29 is 14.3 Å². The third-order valence-electron chi connectivity index (χ3n) is 4.51. The number of unbranched alkanes of at least 4 members (excludes halogenated alkanes) is 1. The van der Waals surface area contributed by atoms with Gasteiger partial charge < -0.3 is 15.0 Å². The molecule has 30 heavy (non-hydrogen) atoms. The van der Waals surface area contributed by atoms with Crippen LogP contribution >= 0.6 is 34.8 Å². The Morgan fingerprint density at radius 2 is 1.73 bits per heavy atom. The van der Waals surface area contributed by atoms with Crippen LogP contribution in [0.4, 0.5) is 0 Å². The van der Waals surface area contributed by atoms with Gasteiger partial charge in [-0.1, -0.05) is 60.3 Å². The number of nitrogens with zero attached hydrogens (tertiary/aromatic N) is 1. The molecule has 1 atom stereocenters. The molecule has 2 aromatic rings. The van der Waals surface area contributed by atoms with Crippen molar-refractivity contribution in [2.24, 2.45) is 0 Å². The monoisotopic (exact) mass is 470 g/mol. The highest BCUT2D eigenvalue weighted by Crippen LogP contribution is 2.27. The summed E-state index contributed by atoms with van der Waals surface area (Å²) in [6.07, 6.45) is 1.85. The van der Waals surface area contributed by atoms with E-state index in [-0.39, 0.29) is 25.0 Å². The minimum atomic E-state index is -0.672. The van der Waals surface area contributed by atoms with Gasteiger partial charge in [-0.25, -0.2) is 0 Å². The molecule has 2 rings (SSSR count). The van der Waals surface area contributed by atoms with E-state index < -0.39 is 6.04 Å². The fraction of sp³-hybridized carbons (Fsp3) is 0.364. The van der Waals surface area contributed by atoms with E-state index in [0.29, 0.717) is 27.4 Å². The minimum Gasteiger partial charge on any atom is -0.482 e. The van der Waals surface area contributed by atoms with Gasteiger partial charge >= 0.3 is 0 Å².